The van der Waals surface area contributed by atoms with Gasteiger partial charge in [0.1, 0.15) is 0 Å². The summed E-state index contributed by atoms with van der Waals surface area (Å²) in [6.07, 6.45) is -2.08. The Morgan fingerprint density at radius 1 is 1.14 bits per heavy atom. The molecule has 0 aromatic rings. The van der Waals surface area contributed by atoms with Crippen molar-refractivity contribution in [3.8, 4) is 0 Å². The lowest BCUT2D eigenvalue weighted by Crippen LogP contribution is -2.43. The fourth-order valence-corrected chi connectivity index (χ4v) is 2.61. The van der Waals surface area contributed by atoms with Gasteiger partial charge >= 0.3 is 18.2 Å². The molecule has 1 saturated carbocycles. The van der Waals surface area contributed by atoms with Crippen LogP contribution in [0.25, 0.3) is 0 Å². The van der Waals surface area contributed by atoms with Gasteiger partial charge in [0.15, 0.2) is 0 Å². The Hall–Kier alpha value is -1.47. The van der Waals surface area contributed by atoms with Crippen LogP contribution >= 0.6 is 0 Å². The van der Waals surface area contributed by atoms with Gasteiger partial charge in [0.05, 0.1) is 5.92 Å². The summed E-state index contributed by atoms with van der Waals surface area (Å²) in [5.74, 6) is -2.88. The SMILES string of the molecule is O=C(O)CCCNC(=O)NC[C@H]1CCCC[C@H]1C(F)(F)F. The number of urea groups is 1. The second-order valence-electron chi connectivity index (χ2n) is 5.33. The Bertz CT molecular complexity index is 361. The molecule has 0 aromatic carbocycles. The lowest BCUT2D eigenvalue weighted by molar-refractivity contribution is -0.195. The number of alkyl halides is 3. The minimum absolute atomic E-state index is 0.00502. The lowest BCUT2D eigenvalue weighted by Gasteiger charge is -2.33. The van der Waals surface area contributed by atoms with E-state index in [1.807, 2.05) is 0 Å². The zero-order valence-electron chi connectivity index (χ0n) is 11.7. The number of hydrogen-bond acceptors (Lipinski definition) is 2. The molecule has 5 nitrogen and oxygen atoms in total. The van der Waals surface area contributed by atoms with Crippen LogP contribution in [0.4, 0.5) is 18.0 Å². The van der Waals surface area contributed by atoms with Crippen molar-refractivity contribution in [2.75, 3.05) is 13.1 Å². The molecule has 2 atom stereocenters. The monoisotopic (exact) mass is 310 g/mol. The van der Waals surface area contributed by atoms with Crippen LogP contribution in [-0.4, -0.2) is 36.4 Å². The van der Waals surface area contributed by atoms with Crippen LogP contribution in [0.2, 0.25) is 0 Å². The van der Waals surface area contributed by atoms with E-state index < -0.39 is 30.0 Å². The summed E-state index contributed by atoms with van der Waals surface area (Å²) in [7, 11) is 0. The summed E-state index contributed by atoms with van der Waals surface area (Å²) < 4.78 is 38.6. The average molecular weight is 310 g/mol. The minimum Gasteiger partial charge on any atom is -0.481 e. The van der Waals surface area contributed by atoms with E-state index in [2.05, 4.69) is 10.6 Å². The summed E-state index contributed by atoms with van der Waals surface area (Å²) in [6, 6.07) is -0.549. The Morgan fingerprint density at radius 2 is 1.81 bits per heavy atom. The molecule has 0 spiro atoms. The van der Waals surface area contributed by atoms with E-state index in [1.165, 1.54) is 0 Å². The summed E-state index contributed by atoms with van der Waals surface area (Å²) in [5, 5.41) is 13.3. The van der Waals surface area contributed by atoms with Gasteiger partial charge in [0.2, 0.25) is 0 Å². The largest absolute Gasteiger partial charge is 0.481 e. The van der Waals surface area contributed by atoms with Gasteiger partial charge in [0.25, 0.3) is 0 Å². The third kappa shape index (κ3) is 6.68. The number of halogens is 3. The maximum absolute atomic E-state index is 12.9. The third-order valence-electron chi connectivity index (χ3n) is 3.71. The van der Waals surface area contributed by atoms with Crippen molar-refractivity contribution in [2.24, 2.45) is 11.8 Å². The van der Waals surface area contributed by atoms with Crippen molar-refractivity contribution >= 4 is 12.0 Å². The van der Waals surface area contributed by atoms with Crippen molar-refractivity contribution in [1.29, 1.82) is 0 Å². The van der Waals surface area contributed by atoms with Crippen LogP contribution in [-0.2, 0) is 4.79 Å². The molecule has 0 radical (unpaired) electrons. The predicted molar refractivity (Wildman–Crippen MR) is 69.8 cm³/mol. The van der Waals surface area contributed by atoms with Gasteiger partial charge < -0.3 is 15.7 Å². The minimum atomic E-state index is -4.22. The number of carboxylic acid groups (broad SMARTS) is 1. The molecule has 0 bridgehead atoms. The first-order valence-corrected chi connectivity index (χ1v) is 7.11. The van der Waals surface area contributed by atoms with Crippen LogP contribution in [0, 0.1) is 11.8 Å². The molecular formula is C13H21F3N2O3. The molecule has 1 aliphatic rings. The number of rotatable bonds is 6. The van der Waals surface area contributed by atoms with E-state index in [1.54, 1.807) is 0 Å². The maximum Gasteiger partial charge on any atom is 0.392 e. The Morgan fingerprint density at radius 3 is 2.43 bits per heavy atom. The molecule has 8 heteroatoms. The van der Waals surface area contributed by atoms with Crippen molar-refractivity contribution in [3.05, 3.63) is 0 Å². The van der Waals surface area contributed by atoms with E-state index in [4.69, 9.17) is 5.11 Å². The van der Waals surface area contributed by atoms with E-state index >= 15 is 0 Å². The first-order chi connectivity index (χ1) is 9.80. The average Bonchev–Trinajstić information content (AvgIpc) is 2.40. The second kappa shape index (κ2) is 8.09. The molecule has 1 aliphatic carbocycles. The molecule has 1 rings (SSSR count). The highest BCUT2D eigenvalue weighted by molar-refractivity contribution is 5.73. The number of aliphatic carboxylic acids is 1. The van der Waals surface area contributed by atoms with Crippen molar-refractivity contribution in [1.82, 2.24) is 10.6 Å². The van der Waals surface area contributed by atoms with Crippen LogP contribution in [0.5, 0.6) is 0 Å². The van der Waals surface area contributed by atoms with Gasteiger partial charge in [-0.1, -0.05) is 12.8 Å². The highest BCUT2D eigenvalue weighted by atomic mass is 19.4. The Kier molecular flexibility index (Phi) is 6.77. The molecule has 122 valence electrons. The van der Waals surface area contributed by atoms with Crippen molar-refractivity contribution < 1.29 is 27.9 Å². The first kappa shape index (κ1) is 17.6. The highest BCUT2D eigenvalue weighted by Crippen LogP contribution is 2.41. The number of hydrogen-bond donors (Lipinski definition) is 3. The van der Waals surface area contributed by atoms with E-state index in [-0.39, 0.29) is 32.4 Å². The van der Waals surface area contributed by atoms with Gasteiger partial charge in [-0.05, 0) is 25.2 Å². The standard InChI is InChI=1S/C13H21F3N2O3/c14-13(15,16)10-5-2-1-4-9(10)8-18-12(21)17-7-3-6-11(19)20/h9-10H,1-8H2,(H,19,20)(H2,17,18,21)/t9-,10-/m1/s1. The predicted octanol–water partition coefficient (Wildman–Crippen LogP) is 2.52. The van der Waals surface area contributed by atoms with Crippen molar-refractivity contribution in [3.63, 3.8) is 0 Å². The number of carboxylic acids is 1. The number of nitrogens with one attached hydrogen (secondary N) is 2. The van der Waals surface area contributed by atoms with Crippen LogP contribution in [0.3, 0.4) is 0 Å². The molecule has 0 saturated heterocycles. The Balaban J connectivity index is 2.28. The van der Waals surface area contributed by atoms with Crippen LogP contribution in [0.15, 0.2) is 0 Å². The van der Waals surface area contributed by atoms with Gasteiger partial charge in [-0.15, -0.1) is 0 Å². The highest BCUT2D eigenvalue weighted by Gasteiger charge is 2.45. The normalized spacial score (nSPS) is 22.6. The smallest absolute Gasteiger partial charge is 0.392 e. The molecule has 2 amide bonds. The fraction of sp³-hybridized carbons (Fsp3) is 0.846. The summed E-state index contributed by atoms with van der Waals surface area (Å²) in [5.41, 5.74) is 0. The summed E-state index contributed by atoms with van der Waals surface area (Å²) in [6.45, 7) is 0.181. The molecule has 0 heterocycles. The fourth-order valence-electron chi connectivity index (χ4n) is 2.61. The second-order valence-corrected chi connectivity index (χ2v) is 5.33. The van der Waals surface area contributed by atoms with Crippen LogP contribution in [0.1, 0.15) is 38.5 Å². The van der Waals surface area contributed by atoms with Gasteiger partial charge in [-0.3, -0.25) is 4.79 Å². The van der Waals surface area contributed by atoms with Gasteiger partial charge in [0, 0.05) is 19.5 Å². The molecule has 0 aliphatic heterocycles. The molecule has 0 unspecified atom stereocenters. The topological polar surface area (TPSA) is 78.4 Å². The molecule has 21 heavy (non-hydrogen) atoms. The Labute approximate surface area is 121 Å². The maximum atomic E-state index is 12.9. The van der Waals surface area contributed by atoms with E-state index in [0.717, 1.165) is 6.42 Å². The first-order valence-electron chi connectivity index (χ1n) is 7.11. The van der Waals surface area contributed by atoms with E-state index in [0.29, 0.717) is 12.8 Å². The third-order valence-corrected chi connectivity index (χ3v) is 3.71. The molecular weight excluding hydrogens is 289 g/mol. The van der Waals surface area contributed by atoms with E-state index in [9.17, 15) is 22.8 Å². The summed E-state index contributed by atoms with van der Waals surface area (Å²) >= 11 is 0. The zero-order valence-corrected chi connectivity index (χ0v) is 11.7. The zero-order chi connectivity index (χ0) is 15.9. The van der Waals surface area contributed by atoms with Gasteiger partial charge in [-0.2, -0.15) is 13.2 Å². The van der Waals surface area contributed by atoms with Crippen LogP contribution < -0.4 is 10.6 Å². The molecule has 3 N–H and O–H groups in total. The number of amides is 2. The number of carbonyl (C=O) groups excluding carboxylic acids is 1. The lowest BCUT2D eigenvalue weighted by atomic mass is 9.79. The van der Waals surface area contributed by atoms with Crippen molar-refractivity contribution in [2.45, 2.75) is 44.7 Å². The number of carbonyl (C=O) groups is 2. The molecule has 0 aromatic heterocycles. The summed E-state index contributed by atoms with van der Waals surface area (Å²) in [4.78, 5) is 21.7. The molecule has 1 fully saturated rings. The quantitative estimate of drug-likeness (QED) is 0.660. The van der Waals surface area contributed by atoms with Gasteiger partial charge in [-0.25, -0.2) is 4.79 Å².